The number of aromatic nitrogens is 5. The molecule has 9 heteroatoms. The van der Waals surface area contributed by atoms with Crippen molar-refractivity contribution < 1.29 is 4.74 Å². The Labute approximate surface area is 182 Å². The second kappa shape index (κ2) is 10.2. The van der Waals surface area contributed by atoms with Gasteiger partial charge in [-0.15, -0.1) is 0 Å². The lowest BCUT2D eigenvalue weighted by Crippen LogP contribution is -2.47. The number of aryl methyl sites for hydroxylation is 1. The molecule has 2 aromatic heterocycles. The van der Waals surface area contributed by atoms with Gasteiger partial charge in [0, 0.05) is 58.5 Å². The van der Waals surface area contributed by atoms with E-state index >= 15 is 0 Å². The van der Waals surface area contributed by atoms with Crippen molar-refractivity contribution in [3.05, 3.63) is 65.8 Å². The number of rotatable bonds is 8. The Morgan fingerprint density at radius 2 is 2.16 bits per heavy atom. The third kappa shape index (κ3) is 5.49. The monoisotopic (exact) mass is 422 g/mol. The average molecular weight is 423 g/mol. The van der Waals surface area contributed by atoms with Gasteiger partial charge in [0.05, 0.1) is 6.54 Å². The maximum Gasteiger partial charge on any atom is 0.191 e. The van der Waals surface area contributed by atoms with Gasteiger partial charge in [0.2, 0.25) is 0 Å². The van der Waals surface area contributed by atoms with Crippen LogP contribution in [0, 0.1) is 0 Å². The number of hydrogen-bond acceptors (Lipinski definition) is 5. The molecule has 0 bridgehead atoms. The Morgan fingerprint density at radius 1 is 1.29 bits per heavy atom. The number of fused-ring (bicyclic) bond motifs is 1. The highest BCUT2D eigenvalue weighted by atomic mass is 16.5. The molecule has 4 rings (SSSR count). The Kier molecular flexibility index (Phi) is 6.93. The van der Waals surface area contributed by atoms with E-state index in [4.69, 9.17) is 4.74 Å². The highest BCUT2D eigenvalue weighted by molar-refractivity contribution is 5.79. The third-order valence-electron chi connectivity index (χ3n) is 5.38. The number of benzene rings is 1. The number of imidazole rings is 1. The Morgan fingerprint density at radius 3 is 2.97 bits per heavy atom. The summed E-state index contributed by atoms with van der Waals surface area (Å²) in [4.78, 5) is 13.4. The Bertz CT molecular complexity index is 994. The normalized spacial score (nSPS) is 16.2. The molecule has 0 saturated carbocycles. The van der Waals surface area contributed by atoms with Crippen molar-refractivity contribution in [1.29, 1.82) is 0 Å². The molecule has 1 unspecified atom stereocenters. The first-order chi connectivity index (χ1) is 15.2. The fourth-order valence-corrected chi connectivity index (χ4v) is 3.84. The van der Waals surface area contributed by atoms with Crippen molar-refractivity contribution >= 4 is 5.96 Å². The van der Waals surface area contributed by atoms with Crippen molar-refractivity contribution in [1.82, 2.24) is 34.9 Å². The van der Waals surface area contributed by atoms with Crippen molar-refractivity contribution in [2.45, 2.75) is 45.0 Å². The number of aliphatic imine (C=N–C) groups is 1. The molecule has 3 aromatic rings. The minimum Gasteiger partial charge on any atom is -0.377 e. The van der Waals surface area contributed by atoms with E-state index in [1.165, 1.54) is 5.56 Å². The molecule has 0 spiro atoms. The molecule has 2 N–H and O–H groups in total. The number of guanidine groups is 1. The van der Waals surface area contributed by atoms with Crippen molar-refractivity contribution in [3.63, 3.8) is 0 Å². The largest absolute Gasteiger partial charge is 0.377 e. The summed E-state index contributed by atoms with van der Waals surface area (Å²) in [5.41, 5.74) is 1.27. The van der Waals surface area contributed by atoms with Crippen molar-refractivity contribution in [2.24, 2.45) is 4.99 Å². The number of nitrogens with zero attached hydrogens (tertiary/aromatic N) is 6. The van der Waals surface area contributed by atoms with Crippen molar-refractivity contribution in [2.75, 3.05) is 20.7 Å². The lowest BCUT2D eigenvalue weighted by molar-refractivity contribution is 0.177. The van der Waals surface area contributed by atoms with Crippen LogP contribution < -0.4 is 10.6 Å². The molecule has 1 atom stereocenters. The van der Waals surface area contributed by atoms with Crippen LogP contribution in [0.5, 0.6) is 0 Å². The van der Waals surface area contributed by atoms with Crippen LogP contribution in [-0.2, 0) is 37.3 Å². The molecule has 1 aliphatic rings. The fourth-order valence-electron chi connectivity index (χ4n) is 3.84. The molecule has 0 radical (unpaired) electrons. The quantitative estimate of drug-likeness (QED) is 0.421. The highest BCUT2D eigenvalue weighted by Crippen LogP contribution is 2.13. The highest BCUT2D eigenvalue weighted by Gasteiger charge is 2.22. The predicted octanol–water partition coefficient (Wildman–Crippen LogP) is 1.39. The van der Waals surface area contributed by atoms with E-state index in [0.29, 0.717) is 6.61 Å². The molecule has 9 nitrogen and oxygen atoms in total. The molecule has 1 aromatic carbocycles. The summed E-state index contributed by atoms with van der Waals surface area (Å²) in [6.07, 6.45) is 6.60. The van der Waals surface area contributed by atoms with Gasteiger partial charge in [-0.1, -0.05) is 30.3 Å². The van der Waals surface area contributed by atoms with Gasteiger partial charge in [-0.3, -0.25) is 4.99 Å². The topological polar surface area (TPSA) is 94.2 Å². The Hall–Kier alpha value is -3.20. The van der Waals surface area contributed by atoms with E-state index in [2.05, 4.69) is 59.5 Å². The second-order valence-electron chi connectivity index (χ2n) is 7.65. The van der Waals surface area contributed by atoms with E-state index < -0.39 is 0 Å². The lowest BCUT2D eigenvalue weighted by Gasteiger charge is -2.25. The van der Waals surface area contributed by atoms with Crippen molar-refractivity contribution in [3.8, 4) is 0 Å². The maximum atomic E-state index is 5.14. The van der Waals surface area contributed by atoms with Crippen LogP contribution in [-0.4, -0.2) is 57.0 Å². The fraction of sp³-hybridized carbons (Fsp3) is 0.455. The zero-order valence-corrected chi connectivity index (χ0v) is 18.2. The lowest BCUT2D eigenvalue weighted by atomic mass is 10.1. The van der Waals surface area contributed by atoms with E-state index in [9.17, 15) is 0 Å². The summed E-state index contributed by atoms with van der Waals surface area (Å²) in [5, 5.41) is 11.5. The van der Waals surface area contributed by atoms with Crippen LogP contribution in [0.2, 0.25) is 0 Å². The molecule has 0 fully saturated rings. The molecule has 3 heterocycles. The SMILES string of the molecule is CN=C(NCCc1nccn1Cc1ccccc1)NC1CCc2nc(COC)nn2C1. The van der Waals surface area contributed by atoms with Gasteiger partial charge in [-0.25, -0.2) is 14.6 Å². The molecule has 0 aliphatic carbocycles. The number of nitrogens with one attached hydrogen (secondary N) is 2. The van der Waals surface area contributed by atoms with Crippen LogP contribution >= 0.6 is 0 Å². The van der Waals surface area contributed by atoms with Crippen LogP contribution in [0.4, 0.5) is 0 Å². The van der Waals surface area contributed by atoms with Gasteiger partial charge >= 0.3 is 0 Å². The number of methoxy groups -OCH3 is 1. The van der Waals surface area contributed by atoms with E-state index in [-0.39, 0.29) is 6.04 Å². The molecule has 164 valence electrons. The van der Waals surface area contributed by atoms with Crippen LogP contribution in [0.1, 0.15) is 29.5 Å². The predicted molar refractivity (Wildman–Crippen MR) is 119 cm³/mol. The molecule has 1 aliphatic heterocycles. The zero-order valence-electron chi connectivity index (χ0n) is 18.2. The summed E-state index contributed by atoms with van der Waals surface area (Å²) in [6.45, 7) is 2.80. The zero-order chi connectivity index (χ0) is 21.5. The smallest absolute Gasteiger partial charge is 0.191 e. The average Bonchev–Trinajstić information content (AvgIpc) is 3.40. The third-order valence-corrected chi connectivity index (χ3v) is 5.38. The molecular weight excluding hydrogens is 392 g/mol. The van der Waals surface area contributed by atoms with Gasteiger partial charge in [0.15, 0.2) is 11.8 Å². The molecule has 0 saturated heterocycles. The van der Waals surface area contributed by atoms with Crippen LogP contribution in [0.15, 0.2) is 47.7 Å². The maximum absolute atomic E-state index is 5.14. The summed E-state index contributed by atoms with van der Waals surface area (Å²) in [5.74, 6) is 3.62. The van der Waals surface area contributed by atoms with Gasteiger partial charge in [0.1, 0.15) is 18.3 Å². The minimum atomic E-state index is 0.260. The van der Waals surface area contributed by atoms with Gasteiger partial charge < -0.3 is 19.9 Å². The number of ether oxygens (including phenoxy) is 1. The minimum absolute atomic E-state index is 0.260. The van der Waals surface area contributed by atoms with Crippen LogP contribution in [0.3, 0.4) is 0 Å². The second-order valence-corrected chi connectivity index (χ2v) is 7.65. The van der Waals surface area contributed by atoms with E-state index in [1.807, 2.05) is 23.1 Å². The van der Waals surface area contributed by atoms with Crippen LogP contribution in [0.25, 0.3) is 0 Å². The van der Waals surface area contributed by atoms with E-state index in [0.717, 1.165) is 62.3 Å². The first kappa shape index (κ1) is 21.0. The van der Waals surface area contributed by atoms with Gasteiger partial charge in [-0.05, 0) is 12.0 Å². The summed E-state index contributed by atoms with van der Waals surface area (Å²) in [6, 6.07) is 10.7. The summed E-state index contributed by atoms with van der Waals surface area (Å²) in [7, 11) is 3.46. The molecule has 0 amide bonds. The standard InChI is InChI=1S/C22H30N8O/c1-23-22(26-18-8-9-21-27-19(16-31-2)28-30(21)15-18)25-11-10-20-24-12-13-29(20)14-17-6-4-3-5-7-17/h3-7,12-13,18H,8-11,14-16H2,1-2H3,(H2,23,25,26). The van der Waals surface area contributed by atoms with Gasteiger partial charge in [-0.2, -0.15) is 5.10 Å². The van der Waals surface area contributed by atoms with E-state index in [1.54, 1.807) is 14.2 Å². The molecular formula is C22H30N8O. The summed E-state index contributed by atoms with van der Waals surface area (Å²) < 4.78 is 9.31. The first-order valence-electron chi connectivity index (χ1n) is 10.7. The first-order valence-corrected chi connectivity index (χ1v) is 10.7. The number of hydrogen-bond donors (Lipinski definition) is 2. The van der Waals surface area contributed by atoms with Gasteiger partial charge in [0.25, 0.3) is 0 Å². The summed E-state index contributed by atoms with van der Waals surface area (Å²) >= 11 is 0. The Balaban J connectivity index is 1.27. The molecule has 31 heavy (non-hydrogen) atoms.